The molecule has 1 aromatic rings. The molecule has 22 heavy (non-hydrogen) atoms. The summed E-state index contributed by atoms with van der Waals surface area (Å²) in [6.45, 7) is 4.50. The van der Waals surface area contributed by atoms with Crippen molar-refractivity contribution in [3.05, 3.63) is 23.8 Å². The van der Waals surface area contributed by atoms with E-state index in [2.05, 4.69) is 19.2 Å². The van der Waals surface area contributed by atoms with Gasteiger partial charge in [0.2, 0.25) is 0 Å². The summed E-state index contributed by atoms with van der Waals surface area (Å²) in [5, 5.41) is 20.9. The number of carboxylic acids is 1. The third-order valence-corrected chi connectivity index (χ3v) is 3.47. The summed E-state index contributed by atoms with van der Waals surface area (Å²) in [6, 6.07) is 3.70. The monoisotopic (exact) mass is 309 g/mol. The maximum Gasteiger partial charge on any atom is 0.411 e. The van der Waals surface area contributed by atoms with Gasteiger partial charge in [0.25, 0.3) is 0 Å². The van der Waals surface area contributed by atoms with Crippen LogP contribution in [0.25, 0.3) is 0 Å². The van der Waals surface area contributed by atoms with Gasteiger partial charge in [0.1, 0.15) is 5.75 Å². The van der Waals surface area contributed by atoms with Crippen LogP contribution in [0.5, 0.6) is 5.75 Å². The van der Waals surface area contributed by atoms with E-state index < -0.39 is 12.1 Å². The molecule has 1 unspecified atom stereocenters. The number of carbonyl (C=O) groups excluding carboxylic acids is 1. The van der Waals surface area contributed by atoms with Crippen molar-refractivity contribution < 1.29 is 24.5 Å². The number of carbonyl (C=O) groups is 2. The van der Waals surface area contributed by atoms with Crippen LogP contribution in [0.4, 0.5) is 10.5 Å². The minimum absolute atomic E-state index is 0.0537. The highest BCUT2D eigenvalue weighted by molar-refractivity contribution is 5.91. The number of nitrogens with one attached hydrogen (secondary N) is 1. The van der Waals surface area contributed by atoms with Crippen molar-refractivity contribution in [1.82, 2.24) is 0 Å². The summed E-state index contributed by atoms with van der Waals surface area (Å²) in [4.78, 5) is 22.5. The molecular weight excluding hydrogens is 286 g/mol. The fourth-order valence-electron chi connectivity index (χ4n) is 2.01. The fourth-order valence-corrected chi connectivity index (χ4v) is 2.01. The molecule has 0 saturated heterocycles. The topological polar surface area (TPSA) is 95.9 Å². The van der Waals surface area contributed by atoms with Crippen LogP contribution >= 0.6 is 0 Å². The normalized spacial score (nSPS) is 11.7. The van der Waals surface area contributed by atoms with Gasteiger partial charge in [0.15, 0.2) is 0 Å². The molecule has 6 nitrogen and oxygen atoms in total. The number of hydrogen-bond donors (Lipinski definition) is 3. The molecule has 0 heterocycles. The zero-order valence-electron chi connectivity index (χ0n) is 13.0. The molecule has 0 aliphatic carbocycles. The molecule has 6 heteroatoms. The van der Waals surface area contributed by atoms with Gasteiger partial charge < -0.3 is 14.9 Å². The number of aromatic carboxylic acids is 1. The number of unbranched alkanes of at least 4 members (excludes halogenated alkanes) is 1. The van der Waals surface area contributed by atoms with E-state index in [9.17, 15) is 14.7 Å². The summed E-state index contributed by atoms with van der Waals surface area (Å²) in [5.41, 5.74) is 0.0682. The molecule has 0 radical (unpaired) electrons. The molecule has 1 aromatic carbocycles. The number of carboxylic acid groups (broad SMARTS) is 1. The van der Waals surface area contributed by atoms with Crippen molar-refractivity contribution in [3.8, 4) is 5.75 Å². The van der Waals surface area contributed by atoms with E-state index in [-0.39, 0.29) is 17.0 Å². The number of aromatic hydroxyl groups is 1. The molecule has 0 saturated carbocycles. The lowest BCUT2D eigenvalue weighted by atomic mass is 10.0. The van der Waals surface area contributed by atoms with Gasteiger partial charge in [0.05, 0.1) is 17.9 Å². The van der Waals surface area contributed by atoms with Crippen LogP contribution in [-0.2, 0) is 4.74 Å². The first-order valence-electron chi connectivity index (χ1n) is 7.48. The number of benzene rings is 1. The van der Waals surface area contributed by atoms with Crippen LogP contribution in [0.3, 0.4) is 0 Å². The Balaban J connectivity index is 2.53. The molecule has 0 fully saturated rings. The largest absolute Gasteiger partial charge is 0.506 e. The minimum Gasteiger partial charge on any atom is -0.506 e. The van der Waals surface area contributed by atoms with Gasteiger partial charge in [-0.2, -0.15) is 0 Å². The van der Waals surface area contributed by atoms with Crippen molar-refractivity contribution in [2.45, 2.75) is 39.5 Å². The summed E-state index contributed by atoms with van der Waals surface area (Å²) >= 11 is 0. The number of ether oxygens (including phenoxy) is 1. The first kappa shape index (κ1) is 17.8. The molecule has 0 spiro atoms. The van der Waals surface area contributed by atoms with E-state index >= 15 is 0 Å². The molecule has 0 aliphatic rings. The van der Waals surface area contributed by atoms with E-state index in [0.717, 1.165) is 31.7 Å². The Morgan fingerprint density at radius 2 is 2.05 bits per heavy atom. The van der Waals surface area contributed by atoms with Gasteiger partial charge in [-0.25, -0.2) is 9.59 Å². The second kappa shape index (κ2) is 8.92. The molecule has 0 bridgehead atoms. The smallest absolute Gasteiger partial charge is 0.411 e. The molecule has 122 valence electrons. The standard InChI is InChI=1S/C16H23NO5/c1-3-5-6-11(4-2)10-22-16(21)17-13-8-7-12(15(19)20)9-14(13)18/h7-9,11,18H,3-6,10H2,1-2H3,(H,17,21)(H,19,20). The molecule has 3 N–H and O–H groups in total. The number of phenols is 1. The molecule has 0 aliphatic heterocycles. The van der Waals surface area contributed by atoms with Crippen LogP contribution in [-0.4, -0.2) is 28.9 Å². The number of hydrogen-bond acceptors (Lipinski definition) is 4. The van der Waals surface area contributed by atoms with Crippen LogP contribution in [0.2, 0.25) is 0 Å². The van der Waals surface area contributed by atoms with Crippen LogP contribution in [0.15, 0.2) is 18.2 Å². The highest BCUT2D eigenvalue weighted by atomic mass is 16.5. The van der Waals surface area contributed by atoms with Gasteiger partial charge in [0, 0.05) is 0 Å². The Labute approximate surface area is 130 Å². The molecular formula is C16H23NO5. The van der Waals surface area contributed by atoms with Crippen molar-refractivity contribution in [1.29, 1.82) is 0 Å². The molecule has 1 rings (SSSR count). The Morgan fingerprint density at radius 1 is 1.32 bits per heavy atom. The van der Waals surface area contributed by atoms with Gasteiger partial charge >= 0.3 is 12.1 Å². The van der Waals surface area contributed by atoms with Crippen molar-refractivity contribution in [2.75, 3.05) is 11.9 Å². The average molecular weight is 309 g/mol. The Hall–Kier alpha value is -2.24. The summed E-state index contributed by atoms with van der Waals surface area (Å²) in [7, 11) is 0. The van der Waals surface area contributed by atoms with Gasteiger partial charge in [-0.05, 0) is 30.5 Å². The van der Waals surface area contributed by atoms with Crippen LogP contribution in [0, 0.1) is 5.92 Å². The van der Waals surface area contributed by atoms with E-state index in [0.29, 0.717) is 12.5 Å². The lowest BCUT2D eigenvalue weighted by Gasteiger charge is -2.15. The average Bonchev–Trinajstić information content (AvgIpc) is 2.49. The third kappa shape index (κ3) is 5.63. The zero-order valence-corrected chi connectivity index (χ0v) is 13.0. The molecule has 1 atom stereocenters. The van der Waals surface area contributed by atoms with Crippen molar-refractivity contribution >= 4 is 17.7 Å². The summed E-state index contributed by atoms with van der Waals surface area (Å²) in [5.74, 6) is -1.13. The van der Waals surface area contributed by atoms with Crippen LogP contribution < -0.4 is 5.32 Å². The SMILES string of the molecule is CCCCC(CC)COC(=O)Nc1ccc(C(=O)O)cc1O. The summed E-state index contributed by atoms with van der Waals surface area (Å²) < 4.78 is 5.15. The lowest BCUT2D eigenvalue weighted by Crippen LogP contribution is -2.18. The second-order valence-electron chi connectivity index (χ2n) is 5.18. The van der Waals surface area contributed by atoms with Gasteiger partial charge in [-0.1, -0.05) is 33.1 Å². The van der Waals surface area contributed by atoms with Gasteiger partial charge in [-0.3, -0.25) is 5.32 Å². The van der Waals surface area contributed by atoms with E-state index in [1.54, 1.807) is 0 Å². The predicted molar refractivity (Wildman–Crippen MR) is 83.3 cm³/mol. The van der Waals surface area contributed by atoms with Gasteiger partial charge in [-0.15, -0.1) is 0 Å². The quantitative estimate of drug-likeness (QED) is 0.634. The van der Waals surface area contributed by atoms with E-state index in [1.165, 1.54) is 12.1 Å². The lowest BCUT2D eigenvalue weighted by molar-refractivity contribution is 0.0696. The number of phenolic OH excluding ortho intramolecular Hbond substituents is 1. The Morgan fingerprint density at radius 3 is 2.59 bits per heavy atom. The number of rotatable bonds is 8. The maximum absolute atomic E-state index is 11.7. The number of anilines is 1. The third-order valence-electron chi connectivity index (χ3n) is 3.47. The Kier molecular flexibility index (Phi) is 7.22. The second-order valence-corrected chi connectivity index (χ2v) is 5.18. The maximum atomic E-state index is 11.7. The first-order valence-corrected chi connectivity index (χ1v) is 7.48. The highest BCUT2D eigenvalue weighted by Gasteiger charge is 2.13. The molecule has 1 amide bonds. The predicted octanol–water partition coefficient (Wildman–Crippen LogP) is 3.86. The Bertz CT molecular complexity index is 515. The van der Waals surface area contributed by atoms with Crippen molar-refractivity contribution in [3.63, 3.8) is 0 Å². The highest BCUT2D eigenvalue weighted by Crippen LogP contribution is 2.24. The van der Waals surface area contributed by atoms with E-state index in [1.807, 2.05) is 0 Å². The summed E-state index contributed by atoms with van der Waals surface area (Å²) in [6.07, 6.45) is 3.49. The molecule has 0 aromatic heterocycles. The first-order chi connectivity index (χ1) is 10.5. The van der Waals surface area contributed by atoms with Crippen molar-refractivity contribution in [2.24, 2.45) is 5.92 Å². The van der Waals surface area contributed by atoms with E-state index in [4.69, 9.17) is 9.84 Å². The number of amides is 1. The zero-order chi connectivity index (χ0) is 16.5. The van der Waals surface area contributed by atoms with Crippen LogP contribution in [0.1, 0.15) is 49.9 Å². The minimum atomic E-state index is -1.15. The fraction of sp³-hybridized carbons (Fsp3) is 0.500.